The van der Waals surface area contributed by atoms with Crippen LogP contribution in [0.2, 0.25) is 0 Å². The van der Waals surface area contributed by atoms with Crippen molar-refractivity contribution in [2.45, 2.75) is 24.3 Å². The summed E-state index contributed by atoms with van der Waals surface area (Å²) in [7, 11) is 0. The molecule has 0 saturated carbocycles. The standard InChI is InChI=1S/C20H16BrN3O2S/c1-11-17(14-8-4-6-10-16(14)22-11)18(25)12(2)27-20-24-23-19(26-20)13-7-3-5-9-15(13)21/h3-10,12,22H,1-2H3/t12-/m0/s1. The summed E-state index contributed by atoms with van der Waals surface area (Å²) < 4.78 is 6.64. The van der Waals surface area contributed by atoms with Gasteiger partial charge in [-0.2, -0.15) is 0 Å². The number of rotatable bonds is 5. The van der Waals surface area contributed by atoms with Crippen molar-refractivity contribution in [2.75, 3.05) is 0 Å². The summed E-state index contributed by atoms with van der Waals surface area (Å²) in [5.74, 6) is 0.462. The maximum atomic E-state index is 13.0. The van der Waals surface area contributed by atoms with Gasteiger partial charge in [-0.1, -0.05) is 42.1 Å². The molecule has 1 N–H and O–H groups in total. The Kier molecular flexibility index (Phi) is 4.88. The summed E-state index contributed by atoms with van der Waals surface area (Å²) in [4.78, 5) is 16.3. The van der Waals surface area contributed by atoms with E-state index in [1.807, 2.05) is 62.4 Å². The van der Waals surface area contributed by atoms with Crippen molar-refractivity contribution < 1.29 is 9.21 Å². The number of fused-ring (bicyclic) bond motifs is 1. The van der Waals surface area contributed by atoms with Crippen molar-refractivity contribution >= 4 is 44.4 Å². The molecule has 7 heteroatoms. The molecule has 0 spiro atoms. The Labute approximate surface area is 168 Å². The smallest absolute Gasteiger partial charge is 0.277 e. The van der Waals surface area contributed by atoms with Crippen molar-refractivity contribution in [3.63, 3.8) is 0 Å². The van der Waals surface area contributed by atoms with E-state index in [9.17, 15) is 4.79 Å². The predicted molar refractivity (Wildman–Crippen MR) is 110 cm³/mol. The molecule has 0 bridgehead atoms. The van der Waals surface area contributed by atoms with Crippen LogP contribution in [-0.4, -0.2) is 26.2 Å². The van der Waals surface area contributed by atoms with Gasteiger partial charge in [-0.25, -0.2) is 0 Å². The number of hydrogen-bond acceptors (Lipinski definition) is 5. The molecule has 4 rings (SSSR count). The Balaban J connectivity index is 1.57. The van der Waals surface area contributed by atoms with Crippen molar-refractivity contribution in [3.8, 4) is 11.5 Å². The predicted octanol–water partition coefficient (Wildman–Crippen LogP) is 5.65. The molecule has 2 heterocycles. The number of aromatic nitrogens is 3. The van der Waals surface area contributed by atoms with Crippen LogP contribution in [0.15, 0.2) is 62.6 Å². The zero-order valence-corrected chi connectivity index (χ0v) is 17.1. The minimum absolute atomic E-state index is 0.0376. The van der Waals surface area contributed by atoms with Crippen LogP contribution < -0.4 is 0 Å². The van der Waals surface area contributed by atoms with Gasteiger partial charge in [0.25, 0.3) is 5.22 Å². The van der Waals surface area contributed by atoms with Gasteiger partial charge in [0.15, 0.2) is 5.78 Å². The fourth-order valence-corrected chi connectivity index (χ4v) is 4.20. The largest absolute Gasteiger partial charge is 0.411 e. The second-order valence-electron chi connectivity index (χ2n) is 6.15. The monoisotopic (exact) mass is 441 g/mol. The van der Waals surface area contributed by atoms with Gasteiger partial charge in [0.1, 0.15) is 0 Å². The lowest BCUT2D eigenvalue weighted by molar-refractivity contribution is 0.0994. The molecule has 0 radical (unpaired) electrons. The van der Waals surface area contributed by atoms with E-state index in [-0.39, 0.29) is 11.0 Å². The number of hydrogen-bond donors (Lipinski definition) is 1. The average Bonchev–Trinajstić information content (AvgIpc) is 3.25. The van der Waals surface area contributed by atoms with E-state index >= 15 is 0 Å². The molecule has 136 valence electrons. The second kappa shape index (κ2) is 7.32. The van der Waals surface area contributed by atoms with Crippen molar-refractivity contribution in [2.24, 2.45) is 0 Å². The molecule has 5 nitrogen and oxygen atoms in total. The molecule has 0 aliphatic rings. The Morgan fingerprint density at radius 3 is 2.70 bits per heavy atom. The highest BCUT2D eigenvalue weighted by Gasteiger charge is 2.24. The van der Waals surface area contributed by atoms with Crippen LogP contribution in [0, 0.1) is 6.92 Å². The Bertz CT molecular complexity index is 1140. The van der Waals surface area contributed by atoms with E-state index < -0.39 is 0 Å². The molecule has 0 amide bonds. The number of para-hydroxylation sites is 1. The molecule has 0 aliphatic carbocycles. The first kappa shape index (κ1) is 18.0. The van der Waals surface area contributed by atoms with Crippen LogP contribution >= 0.6 is 27.7 Å². The van der Waals surface area contributed by atoms with Gasteiger partial charge in [0, 0.05) is 26.6 Å². The molecule has 4 aromatic rings. The van der Waals surface area contributed by atoms with E-state index in [2.05, 4.69) is 31.1 Å². The number of benzene rings is 2. The summed E-state index contributed by atoms with van der Waals surface area (Å²) >= 11 is 4.75. The molecular formula is C20H16BrN3O2S. The topological polar surface area (TPSA) is 71.8 Å². The molecule has 1 atom stereocenters. The van der Waals surface area contributed by atoms with Crippen molar-refractivity contribution in [1.29, 1.82) is 0 Å². The van der Waals surface area contributed by atoms with Gasteiger partial charge in [0.2, 0.25) is 5.89 Å². The molecule has 2 aromatic heterocycles. The normalized spacial score (nSPS) is 12.4. The zero-order chi connectivity index (χ0) is 19.0. The average molecular weight is 442 g/mol. The number of carbonyl (C=O) groups is 1. The van der Waals surface area contributed by atoms with Gasteiger partial charge in [-0.15, -0.1) is 10.2 Å². The highest BCUT2D eigenvalue weighted by Crippen LogP contribution is 2.32. The lowest BCUT2D eigenvalue weighted by Gasteiger charge is -2.07. The molecule has 2 aromatic carbocycles. The fourth-order valence-electron chi connectivity index (χ4n) is 3.00. The molecular weight excluding hydrogens is 426 g/mol. The number of nitrogens with one attached hydrogen (secondary N) is 1. The number of H-pyrrole nitrogens is 1. The third kappa shape index (κ3) is 3.44. The fraction of sp³-hybridized carbons (Fsp3) is 0.150. The van der Waals surface area contributed by atoms with Crippen molar-refractivity contribution in [3.05, 3.63) is 64.3 Å². The van der Waals surface area contributed by atoms with E-state index in [4.69, 9.17) is 4.42 Å². The third-order valence-corrected chi connectivity index (χ3v) is 5.92. The molecule has 0 fully saturated rings. The number of nitrogens with zero attached hydrogens (tertiary/aromatic N) is 2. The Morgan fingerprint density at radius 2 is 1.89 bits per heavy atom. The van der Waals surface area contributed by atoms with Crippen LogP contribution in [0.5, 0.6) is 0 Å². The van der Waals surface area contributed by atoms with Gasteiger partial charge in [0.05, 0.1) is 10.8 Å². The van der Waals surface area contributed by atoms with Crippen LogP contribution in [0.25, 0.3) is 22.4 Å². The van der Waals surface area contributed by atoms with Gasteiger partial charge < -0.3 is 9.40 Å². The quantitative estimate of drug-likeness (QED) is 0.319. The van der Waals surface area contributed by atoms with Crippen LogP contribution in [0.4, 0.5) is 0 Å². The lowest BCUT2D eigenvalue weighted by Crippen LogP contribution is -2.14. The van der Waals surface area contributed by atoms with Crippen LogP contribution in [-0.2, 0) is 0 Å². The van der Waals surface area contributed by atoms with E-state index in [1.165, 1.54) is 11.8 Å². The first-order valence-corrected chi connectivity index (χ1v) is 10.1. The number of thioether (sulfide) groups is 1. The minimum Gasteiger partial charge on any atom is -0.411 e. The van der Waals surface area contributed by atoms with Crippen LogP contribution in [0.3, 0.4) is 0 Å². The SMILES string of the molecule is Cc1[nH]c2ccccc2c1C(=O)[C@H](C)Sc1nnc(-c2ccccc2Br)o1. The number of carbonyl (C=O) groups excluding carboxylic acids is 1. The summed E-state index contributed by atoms with van der Waals surface area (Å²) in [5, 5.41) is 9.15. The van der Waals surface area contributed by atoms with Gasteiger partial charge in [-0.05, 0) is 48.0 Å². The summed E-state index contributed by atoms with van der Waals surface area (Å²) in [6.07, 6.45) is 0. The highest BCUT2D eigenvalue weighted by atomic mass is 79.9. The zero-order valence-electron chi connectivity index (χ0n) is 14.7. The molecule has 0 saturated heterocycles. The van der Waals surface area contributed by atoms with Crippen LogP contribution in [0.1, 0.15) is 23.0 Å². The number of aryl methyl sites for hydroxylation is 1. The summed E-state index contributed by atoms with van der Waals surface area (Å²) in [6, 6.07) is 15.5. The van der Waals surface area contributed by atoms with E-state index in [1.54, 1.807) is 0 Å². The van der Waals surface area contributed by atoms with E-state index in [0.29, 0.717) is 11.1 Å². The summed E-state index contributed by atoms with van der Waals surface area (Å²) in [5.41, 5.74) is 3.37. The first-order valence-electron chi connectivity index (χ1n) is 8.41. The number of ketones is 1. The lowest BCUT2D eigenvalue weighted by atomic mass is 10.1. The maximum Gasteiger partial charge on any atom is 0.277 e. The summed E-state index contributed by atoms with van der Waals surface area (Å²) in [6.45, 7) is 3.78. The van der Waals surface area contributed by atoms with Gasteiger partial charge >= 0.3 is 0 Å². The highest BCUT2D eigenvalue weighted by molar-refractivity contribution is 9.10. The van der Waals surface area contributed by atoms with E-state index in [0.717, 1.165) is 32.2 Å². The third-order valence-electron chi connectivity index (χ3n) is 4.30. The Morgan fingerprint density at radius 1 is 1.15 bits per heavy atom. The number of aromatic amines is 1. The minimum atomic E-state index is -0.351. The number of Topliss-reactive ketones (excluding diaryl/α,β-unsaturated/α-hetero) is 1. The van der Waals surface area contributed by atoms with Crippen molar-refractivity contribution in [1.82, 2.24) is 15.2 Å². The maximum absolute atomic E-state index is 13.0. The Hall–Kier alpha value is -2.38. The first-order chi connectivity index (χ1) is 13.0. The molecule has 27 heavy (non-hydrogen) atoms. The molecule has 0 unspecified atom stereocenters. The number of halogens is 1. The second-order valence-corrected chi connectivity index (χ2v) is 8.29. The molecule has 0 aliphatic heterocycles. The van der Waals surface area contributed by atoms with Gasteiger partial charge in [-0.3, -0.25) is 4.79 Å².